The highest BCUT2D eigenvalue weighted by atomic mass is 32.2. The number of amides is 2. The van der Waals surface area contributed by atoms with Gasteiger partial charge in [0.05, 0.1) is 11.7 Å². The van der Waals surface area contributed by atoms with Gasteiger partial charge >= 0.3 is 5.97 Å². The van der Waals surface area contributed by atoms with E-state index in [1.54, 1.807) is 0 Å². The number of nitrogens with zero attached hydrogens (tertiary/aromatic N) is 5. The lowest BCUT2D eigenvalue weighted by Crippen LogP contribution is -2.71. The third kappa shape index (κ3) is 6.40. The van der Waals surface area contributed by atoms with E-state index in [0.29, 0.717) is 11.5 Å². The number of oxime groups is 1. The van der Waals surface area contributed by atoms with Crippen molar-refractivity contribution >= 4 is 63.6 Å². The molecular formula is C25H29N9O7S2. The number of aromatic nitrogens is 3. The van der Waals surface area contributed by atoms with Crippen LogP contribution >= 0.6 is 23.3 Å². The molecular weight excluding hydrogens is 602 g/mol. The number of carboxylic acid groups (broad SMARTS) is 2. The maximum Gasteiger partial charge on any atom is 0.350 e. The quantitative estimate of drug-likeness (QED) is 0.0721. The predicted molar refractivity (Wildman–Crippen MR) is 152 cm³/mol. The summed E-state index contributed by atoms with van der Waals surface area (Å²) in [5.41, 5.74) is 4.54. The lowest BCUT2D eigenvalue weighted by molar-refractivity contribution is -0.689. The lowest BCUT2D eigenvalue weighted by atomic mass is 10.0. The number of carbonyl (C=O) groups is 4. The third-order valence-electron chi connectivity index (χ3n) is 7.00. The number of hydrogen-bond donors (Lipinski definition) is 5. The molecule has 228 valence electrons. The molecule has 43 heavy (non-hydrogen) atoms. The van der Waals surface area contributed by atoms with E-state index in [1.165, 1.54) is 25.6 Å². The van der Waals surface area contributed by atoms with Gasteiger partial charge in [0.25, 0.3) is 11.8 Å². The van der Waals surface area contributed by atoms with Crippen LogP contribution in [-0.4, -0.2) is 91.2 Å². The van der Waals surface area contributed by atoms with Gasteiger partial charge in [0.2, 0.25) is 17.1 Å². The Balaban J connectivity index is 1.28. The number of pyridine rings is 1. The predicted octanol–water partition coefficient (Wildman–Crippen LogP) is -2.27. The van der Waals surface area contributed by atoms with E-state index in [2.05, 4.69) is 30.5 Å². The number of aliphatic carboxylic acids is 2. The number of anilines is 2. The average molecular weight is 632 g/mol. The first-order valence-corrected chi connectivity index (χ1v) is 15.0. The second kappa shape index (κ2) is 12.1. The van der Waals surface area contributed by atoms with Crippen molar-refractivity contribution in [2.45, 2.75) is 37.4 Å². The summed E-state index contributed by atoms with van der Waals surface area (Å²) >= 11 is 2.06. The van der Waals surface area contributed by atoms with Crippen LogP contribution in [0.4, 0.5) is 10.8 Å². The summed E-state index contributed by atoms with van der Waals surface area (Å²) in [7, 11) is 0. The summed E-state index contributed by atoms with van der Waals surface area (Å²) in [6.07, 6.45) is 3.65. The van der Waals surface area contributed by atoms with Crippen molar-refractivity contribution in [3.8, 4) is 0 Å². The zero-order chi connectivity index (χ0) is 30.9. The molecule has 6 N–H and O–H groups in total. The van der Waals surface area contributed by atoms with Gasteiger partial charge in [-0.15, -0.1) is 11.8 Å². The molecule has 2 unspecified atom stereocenters. The number of hydrogen-bond acceptors (Lipinski definition) is 14. The molecule has 0 spiro atoms. The van der Waals surface area contributed by atoms with Crippen LogP contribution in [0.1, 0.15) is 19.7 Å². The molecule has 2 atom stereocenters. The maximum atomic E-state index is 13.2. The van der Waals surface area contributed by atoms with E-state index < -0.39 is 46.5 Å². The minimum atomic E-state index is -1.79. The van der Waals surface area contributed by atoms with Gasteiger partial charge < -0.3 is 41.5 Å². The fourth-order valence-corrected chi connectivity index (χ4v) is 6.14. The van der Waals surface area contributed by atoms with E-state index in [9.17, 15) is 29.4 Å². The normalized spacial score (nSPS) is 20.6. The minimum absolute atomic E-state index is 0.0213. The van der Waals surface area contributed by atoms with Crippen LogP contribution in [-0.2, 0) is 30.6 Å². The molecule has 18 heteroatoms. The van der Waals surface area contributed by atoms with E-state index in [1.807, 2.05) is 29.1 Å². The smallest absolute Gasteiger partial charge is 0.350 e. The molecule has 5 heterocycles. The van der Waals surface area contributed by atoms with Gasteiger partial charge in [0.1, 0.15) is 11.4 Å². The Morgan fingerprint density at radius 1 is 1.33 bits per heavy atom. The number of nitrogen functional groups attached to an aromatic ring is 1. The summed E-state index contributed by atoms with van der Waals surface area (Å²) in [6, 6.07) is 2.69. The number of rotatable bonds is 12. The summed E-state index contributed by atoms with van der Waals surface area (Å²) in [5.74, 6) is -3.79. The van der Waals surface area contributed by atoms with Crippen LogP contribution in [0.5, 0.6) is 0 Å². The highest BCUT2D eigenvalue weighted by molar-refractivity contribution is 8.00. The Morgan fingerprint density at radius 3 is 2.63 bits per heavy atom. The molecule has 2 saturated heterocycles. The number of nitrogens with two attached hydrogens (primary N) is 1. The van der Waals surface area contributed by atoms with Crippen LogP contribution < -0.4 is 31.4 Å². The molecule has 3 aliphatic rings. The Labute approximate surface area is 253 Å². The zero-order valence-corrected chi connectivity index (χ0v) is 24.7. The minimum Gasteiger partial charge on any atom is -0.543 e. The first kappa shape index (κ1) is 30.2. The maximum absolute atomic E-state index is 13.2. The molecule has 5 rings (SSSR count). The first-order valence-electron chi connectivity index (χ1n) is 13.2. The molecule has 2 fully saturated rings. The Bertz CT molecular complexity index is 1500. The highest BCUT2D eigenvalue weighted by Gasteiger charge is 2.53. The van der Waals surface area contributed by atoms with Crippen molar-refractivity contribution in [3.05, 3.63) is 41.6 Å². The Hall–Kier alpha value is -4.29. The van der Waals surface area contributed by atoms with E-state index in [4.69, 9.17) is 10.6 Å². The van der Waals surface area contributed by atoms with Crippen molar-refractivity contribution in [3.63, 3.8) is 0 Å². The number of carboxylic acids is 2. The molecule has 2 aromatic rings. The number of nitrogens with one attached hydrogen (secondary N) is 3. The molecule has 0 saturated carbocycles. The van der Waals surface area contributed by atoms with Gasteiger partial charge in [-0.2, -0.15) is 9.36 Å². The SMILES string of the molecule is CC(C)(O/N=C(\C(=O)NC1C(=O)N2C(C(=O)[O-])=C(C[n+]3ccc(NCC4CNC4)cc3)CSC12)c1nsc(N)n1)C(=O)O. The molecule has 0 aromatic carbocycles. The van der Waals surface area contributed by atoms with Gasteiger partial charge in [-0.3, -0.25) is 14.5 Å². The van der Waals surface area contributed by atoms with E-state index in [0.717, 1.165) is 41.8 Å². The molecule has 2 aromatic heterocycles. The molecule has 16 nitrogen and oxygen atoms in total. The standard InChI is InChI=1S/C25H29N9O7S2/c1-25(2,23(39)40)41-31-15(18-30-24(26)43-32-18)19(35)29-16-20(36)34-17(22(37)38)13(11-42-21(16)34)10-33-5-3-14(4-6-33)28-9-12-7-27-8-12/h3-6,12,16,21,27H,7-11H2,1-2H3,(H5,26,29,30,32,35,37,38,39,40)/b31-15-. The number of carbonyl (C=O) groups excluding carboxylic acids is 3. The molecule has 2 amide bonds. The van der Waals surface area contributed by atoms with Crippen molar-refractivity contribution in [2.75, 3.05) is 36.4 Å². The molecule has 3 aliphatic heterocycles. The fourth-order valence-electron chi connectivity index (χ4n) is 4.37. The van der Waals surface area contributed by atoms with Gasteiger partial charge in [-0.25, -0.2) is 9.36 Å². The van der Waals surface area contributed by atoms with Crippen molar-refractivity contribution in [2.24, 2.45) is 11.1 Å². The summed E-state index contributed by atoms with van der Waals surface area (Å²) in [6.45, 7) is 5.52. The third-order valence-corrected chi connectivity index (χ3v) is 8.88. The number of β-lactam (4-membered cyclic amide) rings is 1. The lowest BCUT2D eigenvalue weighted by Gasteiger charge is -2.50. The van der Waals surface area contributed by atoms with Crippen molar-refractivity contribution in [1.29, 1.82) is 0 Å². The molecule has 0 bridgehead atoms. The highest BCUT2D eigenvalue weighted by Crippen LogP contribution is 2.40. The Morgan fingerprint density at radius 2 is 2.05 bits per heavy atom. The number of thioether (sulfide) groups is 1. The monoisotopic (exact) mass is 631 g/mol. The fraction of sp³-hybridized carbons (Fsp3) is 0.440. The molecule has 0 radical (unpaired) electrons. The topological polar surface area (TPSA) is 228 Å². The Kier molecular flexibility index (Phi) is 8.52. The average Bonchev–Trinajstić information content (AvgIpc) is 3.36. The number of fused-ring (bicyclic) bond motifs is 1. The van der Waals surface area contributed by atoms with Crippen LogP contribution in [0.2, 0.25) is 0 Å². The van der Waals surface area contributed by atoms with Gasteiger partial charge in [0, 0.05) is 66.2 Å². The van der Waals surface area contributed by atoms with Gasteiger partial charge in [-0.05, 0) is 13.8 Å². The second-order valence-corrected chi connectivity index (χ2v) is 12.5. The van der Waals surface area contributed by atoms with Gasteiger partial charge in [0.15, 0.2) is 24.1 Å². The largest absolute Gasteiger partial charge is 0.543 e. The molecule has 0 aliphatic carbocycles. The summed E-state index contributed by atoms with van der Waals surface area (Å²) < 4.78 is 5.75. The summed E-state index contributed by atoms with van der Waals surface area (Å²) in [5, 5.41) is 33.6. The van der Waals surface area contributed by atoms with Crippen LogP contribution in [0.25, 0.3) is 0 Å². The van der Waals surface area contributed by atoms with Crippen LogP contribution in [0.3, 0.4) is 0 Å². The van der Waals surface area contributed by atoms with E-state index in [-0.39, 0.29) is 29.0 Å². The summed E-state index contributed by atoms with van der Waals surface area (Å²) in [4.78, 5) is 60.1. The second-order valence-electron chi connectivity index (χ2n) is 10.6. The first-order chi connectivity index (χ1) is 20.4. The van der Waals surface area contributed by atoms with Crippen LogP contribution in [0.15, 0.2) is 41.0 Å². The van der Waals surface area contributed by atoms with Crippen molar-refractivity contribution in [1.82, 2.24) is 24.9 Å². The van der Waals surface area contributed by atoms with E-state index >= 15 is 0 Å². The van der Waals surface area contributed by atoms with Gasteiger partial charge in [-0.1, -0.05) is 5.16 Å². The zero-order valence-electron chi connectivity index (χ0n) is 23.1. The van der Waals surface area contributed by atoms with Crippen LogP contribution in [0, 0.1) is 5.92 Å². The van der Waals surface area contributed by atoms with Crippen molar-refractivity contribution < 1.29 is 38.8 Å².